The van der Waals surface area contributed by atoms with E-state index >= 15 is 0 Å². The quantitative estimate of drug-likeness (QED) is 0.380. The van der Waals surface area contributed by atoms with Gasteiger partial charge in [-0.25, -0.2) is 4.79 Å². The van der Waals surface area contributed by atoms with Crippen LogP contribution in [-0.2, 0) is 9.53 Å². The topological polar surface area (TPSA) is 26.3 Å². The van der Waals surface area contributed by atoms with Crippen molar-refractivity contribution in [2.24, 2.45) is 0 Å². The first-order chi connectivity index (χ1) is 6.60. The summed E-state index contributed by atoms with van der Waals surface area (Å²) in [6, 6.07) is 0. The molecule has 0 aromatic heterocycles. The van der Waals surface area contributed by atoms with Gasteiger partial charge in [0.15, 0.2) is 0 Å². The number of rotatable bonds is 5. The Morgan fingerprint density at radius 3 is 2.36 bits per heavy atom. The molecule has 0 aliphatic rings. The second-order valence-electron chi connectivity index (χ2n) is 2.93. The molecule has 2 heteroatoms. The molecule has 0 saturated carbocycles. The lowest BCUT2D eigenvalue weighted by Crippen LogP contribution is -2.08. The van der Waals surface area contributed by atoms with Crippen LogP contribution >= 0.6 is 0 Å². The van der Waals surface area contributed by atoms with E-state index < -0.39 is 0 Å². The maximum atomic E-state index is 11.1. The Hall–Kier alpha value is -1.57. The molecule has 2 nitrogen and oxygen atoms in total. The molecular weight excluding hydrogens is 176 g/mol. The second-order valence-corrected chi connectivity index (χ2v) is 2.93. The van der Waals surface area contributed by atoms with E-state index in [0.717, 1.165) is 5.57 Å². The molecule has 0 heterocycles. The Kier molecular flexibility index (Phi) is 6.12. The Morgan fingerprint density at radius 1 is 1.29 bits per heavy atom. The van der Waals surface area contributed by atoms with Crippen molar-refractivity contribution >= 4 is 5.97 Å². The van der Waals surface area contributed by atoms with E-state index in [-0.39, 0.29) is 12.1 Å². The van der Waals surface area contributed by atoms with Crippen LogP contribution in [0, 0.1) is 0 Å². The fourth-order valence-corrected chi connectivity index (χ4v) is 0.764. The van der Waals surface area contributed by atoms with Crippen LogP contribution in [0.5, 0.6) is 0 Å². The molecule has 0 fully saturated rings. The minimum atomic E-state index is -0.350. The first kappa shape index (κ1) is 12.4. The van der Waals surface area contributed by atoms with Crippen molar-refractivity contribution in [3.63, 3.8) is 0 Å². The zero-order chi connectivity index (χ0) is 11.0. The summed E-state index contributed by atoms with van der Waals surface area (Å²) in [5.41, 5.74) is 0.820. The third-order valence-electron chi connectivity index (χ3n) is 1.31. The number of carbonyl (C=O) groups excluding carboxylic acids is 1. The van der Waals surface area contributed by atoms with E-state index in [0.29, 0.717) is 0 Å². The third kappa shape index (κ3) is 6.00. The molecule has 0 spiro atoms. The van der Waals surface area contributed by atoms with Gasteiger partial charge in [0.05, 0.1) is 6.10 Å². The van der Waals surface area contributed by atoms with Crippen LogP contribution in [0.1, 0.15) is 13.8 Å². The van der Waals surface area contributed by atoms with Crippen molar-refractivity contribution in [3.8, 4) is 0 Å². The summed E-state index contributed by atoms with van der Waals surface area (Å²) in [6.45, 7) is 10.8. The molecule has 0 atom stereocenters. The standard InChI is InChI=1S/C12H16O2/c1-5-7-11(6-2)8-9-12(13)14-10(3)4/h5-10H,1-2H2,3-4H3/b9-8+,11-7+. The van der Waals surface area contributed by atoms with Gasteiger partial charge < -0.3 is 4.74 Å². The molecule has 76 valence electrons. The zero-order valence-corrected chi connectivity index (χ0v) is 8.69. The smallest absolute Gasteiger partial charge is 0.331 e. The van der Waals surface area contributed by atoms with Crippen LogP contribution < -0.4 is 0 Å². The summed E-state index contributed by atoms with van der Waals surface area (Å²) >= 11 is 0. The Balaban J connectivity index is 4.27. The van der Waals surface area contributed by atoms with Gasteiger partial charge in [-0.05, 0) is 25.5 Å². The predicted octanol–water partition coefficient (Wildman–Crippen LogP) is 2.79. The molecule has 14 heavy (non-hydrogen) atoms. The van der Waals surface area contributed by atoms with Gasteiger partial charge in [-0.3, -0.25) is 0 Å². The molecule has 0 aliphatic heterocycles. The molecule has 0 saturated heterocycles. The van der Waals surface area contributed by atoms with E-state index in [1.54, 1.807) is 38.2 Å². The van der Waals surface area contributed by atoms with Gasteiger partial charge in [-0.1, -0.05) is 31.4 Å². The average Bonchev–Trinajstić information content (AvgIpc) is 2.11. The van der Waals surface area contributed by atoms with Crippen LogP contribution in [0.15, 0.2) is 49.1 Å². The van der Waals surface area contributed by atoms with Gasteiger partial charge >= 0.3 is 5.97 Å². The largest absolute Gasteiger partial charge is 0.460 e. The molecule has 0 aromatic rings. The summed E-state index contributed by atoms with van der Waals surface area (Å²) in [5.74, 6) is -0.350. The highest BCUT2D eigenvalue weighted by Crippen LogP contribution is 1.99. The molecule has 0 rings (SSSR count). The fourth-order valence-electron chi connectivity index (χ4n) is 0.764. The lowest BCUT2D eigenvalue weighted by atomic mass is 10.2. The number of esters is 1. The van der Waals surface area contributed by atoms with Crippen molar-refractivity contribution in [3.05, 3.63) is 49.1 Å². The second kappa shape index (κ2) is 6.89. The van der Waals surface area contributed by atoms with E-state index in [9.17, 15) is 4.79 Å². The zero-order valence-electron chi connectivity index (χ0n) is 8.69. The molecule has 0 bridgehead atoms. The monoisotopic (exact) mass is 192 g/mol. The van der Waals surface area contributed by atoms with Gasteiger partial charge in [0.1, 0.15) is 0 Å². The number of hydrogen-bond acceptors (Lipinski definition) is 2. The van der Waals surface area contributed by atoms with Crippen LogP contribution in [0.4, 0.5) is 0 Å². The lowest BCUT2D eigenvalue weighted by Gasteiger charge is -2.03. The molecule has 0 aliphatic carbocycles. The Bertz CT molecular complexity index is 270. The van der Waals surface area contributed by atoms with Gasteiger partial charge in [0.25, 0.3) is 0 Å². The highest BCUT2D eigenvalue weighted by molar-refractivity contribution is 5.82. The van der Waals surface area contributed by atoms with E-state index in [1.165, 1.54) is 6.08 Å². The third-order valence-corrected chi connectivity index (χ3v) is 1.31. The van der Waals surface area contributed by atoms with Gasteiger partial charge in [0, 0.05) is 6.08 Å². The summed E-state index contributed by atoms with van der Waals surface area (Å²) in [6.07, 6.45) is 7.95. The van der Waals surface area contributed by atoms with Crippen molar-refractivity contribution in [2.75, 3.05) is 0 Å². The van der Waals surface area contributed by atoms with E-state index in [2.05, 4.69) is 13.2 Å². The Labute approximate surface area is 85.3 Å². The van der Waals surface area contributed by atoms with Crippen LogP contribution in [0.3, 0.4) is 0 Å². The van der Waals surface area contributed by atoms with Crippen LogP contribution in [0.2, 0.25) is 0 Å². The first-order valence-electron chi connectivity index (χ1n) is 4.44. The highest BCUT2D eigenvalue weighted by atomic mass is 16.5. The van der Waals surface area contributed by atoms with Crippen LogP contribution in [0.25, 0.3) is 0 Å². The van der Waals surface area contributed by atoms with Crippen molar-refractivity contribution in [1.82, 2.24) is 0 Å². The molecule has 0 radical (unpaired) electrons. The summed E-state index contributed by atoms with van der Waals surface area (Å²) in [7, 11) is 0. The van der Waals surface area contributed by atoms with E-state index in [1.807, 2.05) is 0 Å². The maximum Gasteiger partial charge on any atom is 0.331 e. The molecule has 0 N–H and O–H groups in total. The Morgan fingerprint density at radius 2 is 1.93 bits per heavy atom. The predicted molar refractivity (Wildman–Crippen MR) is 58.8 cm³/mol. The van der Waals surface area contributed by atoms with E-state index in [4.69, 9.17) is 4.74 Å². The SMILES string of the molecule is C=C/C=C(C=C)/C=C/C(=O)OC(C)C. The minimum Gasteiger partial charge on any atom is -0.460 e. The number of hydrogen-bond donors (Lipinski definition) is 0. The molecule has 0 amide bonds. The first-order valence-corrected chi connectivity index (χ1v) is 4.44. The molecule has 0 aromatic carbocycles. The summed E-state index contributed by atoms with van der Waals surface area (Å²) in [5, 5.41) is 0. The average molecular weight is 192 g/mol. The maximum absolute atomic E-state index is 11.1. The summed E-state index contributed by atoms with van der Waals surface area (Å²) in [4.78, 5) is 11.1. The normalized spacial score (nSPS) is 11.8. The minimum absolute atomic E-state index is 0.0947. The van der Waals surface area contributed by atoms with Crippen molar-refractivity contribution in [1.29, 1.82) is 0 Å². The van der Waals surface area contributed by atoms with Crippen LogP contribution in [-0.4, -0.2) is 12.1 Å². The number of ether oxygens (including phenoxy) is 1. The number of carbonyl (C=O) groups is 1. The lowest BCUT2D eigenvalue weighted by molar-refractivity contribution is -0.141. The van der Waals surface area contributed by atoms with Crippen molar-refractivity contribution in [2.45, 2.75) is 20.0 Å². The fraction of sp³-hybridized carbons (Fsp3) is 0.250. The number of allylic oxidation sites excluding steroid dienone is 5. The van der Waals surface area contributed by atoms with Gasteiger partial charge in [0.2, 0.25) is 0 Å². The molecular formula is C12H16O2. The highest BCUT2D eigenvalue weighted by Gasteiger charge is 1.99. The van der Waals surface area contributed by atoms with Crippen molar-refractivity contribution < 1.29 is 9.53 Å². The molecule has 0 unspecified atom stereocenters. The van der Waals surface area contributed by atoms with Gasteiger partial charge in [-0.2, -0.15) is 0 Å². The van der Waals surface area contributed by atoms with Gasteiger partial charge in [-0.15, -0.1) is 0 Å². The summed E-state index contributed by atoms with van der Waals surface area (Å²) < 4.78 is 4.91.